The topological polar surface area (TPSA) is 103 Å². The fraction of sp³-hybridized carbons (Fsp3) is 0.400. The van der Waals surface area contributed by atoms with E-state index in [0.29, 0.717) is 65.7 Å². The number of aryl methyl sites for hydroxylation is 1. The molecule has 1 aromatic carbocycles. The van der Waals surface area contributed by atoms with Gasteiger partial charge in [-0.3, -0.25) is 9.48 Å². The third-order valence-electron chi connectivity index (χ3n) is 9.15. The molecule has 0 amide bonds. The van der Waals surface area contributed by atoms with E-state index in [4.69, 9.17) is 0 Å². The zero-order valence-electron chi connectivity index (χ0n) is 24.0. The molecule has 0 spiro atoms. The van der Waals surface area contributed by atoms with Gasteiger partial charge >= 0.3 is 6.18 Å². The molecule has 15 heteroatoms. The molecule has 9 nitrogen and oxygen atoms in total. The summed E-state index contributed by atoms with van der Waals surface area (Å²) in [5, 5.41) is 8.32. The SMILES string of the molecule is Cn1ccc(S(=O)(=O)N(C2CCC2)[C@H]2CCC3=Cc4c(cnn4-c4ccc(F)cc4)C[C@]3(C(=O)c3ncc(C(F)(F)F)s3)C2)n1. The number of alkyl halides is 3. The summed E-state index contributed by atoms with van der Waals surface area (Å²) in [5.74, 6) is -0.970. The molecule has 4 aromatic rings. The Morgan fingerprint density at radius 2 is 1.84 bits per heavy atom. The van der Waals surface area contributed by atoms with Gasteiger partial charge in [0.25, 0.3) is 10.0 Å². The molecule has 0 radical (unpaired) electrons. The molecule has 0 bridgehead atoms. The number of thiazole rings is 1. The Balaban J connectivity index is 1.33. The number of rotatable bonds is 7. The van der Waals surface area contributed by atoms with Crippen LogP contribution in [0, 0.1) is 11.2 Å². The molecular formula is C30H28F4N6O3S2. The first-order valence-corrected chi connectivity index (χ1v) is 16.8. The maximum Gasteiger partial charge on any atom is 0.427 e. The van der Waals surface area contributed by atoms with Gasteiger partial charge in [0, 0.05) is 25.3 Å². The Kier molecular flexibility index (Phi) is 7.13. The van der Waals surface area contributed by atoms with Crippen LogP contribution in [0.4, 0.5) is 17.6 Å². The van der Waals surface area contributed by atoms with Gasteiger partial charge in [0.2, 0.25) is 5.78 Å². The van der Waals surface area contributed by atoms with Gasteiger partial charge in [-0.05, 0) is 80.5 Å². The van der Waals surface area contributed by atoms with Crippen molar-refractivity contribution < 1.29 is 30.8 Å². The molecule has 3 aliphatic carbocycles. The first kappa shape index (κ1) is 30.0. The molecule has 2 saturated carbocycles. The van der Waals surface area contributed by atoms with Crippen LogP contribution in [0.1, 0.15) is 64.5 Å². The molecule has 7 rings (SSSR count). The molecule has 2 fully saturated rings. The lowest BCUT2D eigenvalue weighted by molar-refractivity contribution is -0.134. The highest BCUT2D eigenvalue weighted by Gasteiger charge is 2.54. The molecule has 45 heavy (non-hydrogen) atoms. The number of benzene rings is 1. The van der Waals surface area contributed by atoms with Crippen LogP contribution < -0.4 is 0 Å². The Morgan fingerprint density at radius 1 is 1.09 bits per heavy atom. The molecule has 3 aromatic heterocycles. The number of sulfonamides is 1. The first-order chi connectivity index (χ1) is 21.4. The van der Waals surface area contributed by atoms with E-state index in [0.717, 1.165) is 6.42 Å². The average molecular weight is 661 g/mol. The van der Waals surface area contributed by atoms with E-state index in [1.54, 1.807) is 36.3 Å². The third-order valence-corrected chi connectivity index (χ3v) is 12.1. The summed E-state index contributed by atoms with van der Waals surface area (Å²) in [4.78, 5) is 17.4. The van der Waals surface area contributed by atoms with Crippen LogP contribution >= 0.6 is 11.3 Å². The highest BCUT2D eigenvalue weighted by molar-refractivity contribution is 7.89. The second-order valence-corrected chi connectivity index (χ2v) is 14.7. The Labute approximate surface area is 260 Å². The largest absolute Gasteiger partial charge is 0.427 e. The summed E-state index contributed by atoms with van der Waals surface area (Å²) in [5.41, 5.74) is 1.31. The second-order valence-electron chi connectivity index (χ2n) is 11.9. The highest BCUT2D eigenvalue weighted by Crippen LogP contribution is 2.53. The number of allylic oxidation sites excluding steroid dienone is 1. The zero-order valence-corrected chi connectivity index (χ0v) is 25.7. The lowest BCUT2D eigenvalue weighted by Crippen LogP contribution is -2.55. The van der Waals surface area contributed by atoms with Crippen LogP contribution in [0.3, 0.4) is 0 Å². The maximum atomic E-state index is 14.5. The van der Waals surface area contributed by atoms with Crippen molar-refractivity contribution >= 4 is 33.2 Å². The second kappa shape index (κ2) is 10.7. The number of Topliss-reactive ketones (excluding diaryl/α,β-unsaturated/α-hetero) is 1. The predicted octanol–water partition coefficient (Wildman–Crippen LogP) is 5.82. The fourth-order valence-electron chi connectivity index (χ4n) is 6.77. The van der Waals surface area contributed by atoms with Gasteiger partial charge in [0.05, 0.1) is 29.2 Å². The van der Waals surface area contributed by atoms with E-state index in [-0.39, 0.29) is 28.9 Å². The van der Waals surface area contributed by atoms with Crippen molar-refractivity contribution in [3.63, 3.8) is 0 Å². The number of carbonyl (C=O) groups is 1. The van der Waals surface area contributed by atoms with E-state index in [1.807, 2.05) is 6.08 Å². The van der Waals surface area contributed by atoms with E-state index in [2.05, 4.69) is 15.2 Å². The minimum Gasteiger partial charge on any atom is -0.290 e. The van der Waals surface area contributed by atoms with Crippen LogP contribution in [0.2, 0.25) is 0 Å². The number of hydrogen-bond donors (Lipinski definition) is 0. The molecular weight excluding hydrogens is 632 g/mol. The zero-order chi connectivity index (χ0) is 31.7. The fourth-order valence-corrected chi connectivity index (χ4v) is 9.45. The molecule has 0 saturated heterocycles. The summed E-state index contributed by atoms with van der Waals surface area (Å²) in [7, 11) is -2.41. The Morgan fingerprint density at radius 3 is 2.47 bits per heavy atom. The monoisotopic (exact) mass is 660 g/mol. The van der Waals surface area contributed by atoms with Crippen molar-refractivity contribution in [1.29, 1.82) is 0 Å². The van der Waals surface area contributed by atoms with E-state index >= 15 is 0 Å². The summed E-state index contributed by atoms with van der Waals surface area (Å²) in [6.45, 7) is 0. The highest BCUT2D eigenvalue weighted by atomic mass is 32.2. The van der Waals surface area contributed by atoms with E-state index < -0.39 is 44.1 Å². The molecule has 0 unspecified atom stereocenters. The number of nitrogens with zero attached hydrogens (tertiary/aromatic N) is 6. The van der Waals surface area contributed by atoms with Crippen molar-refractivity contribution in [1.82, 2.24) is 28.9 Å². The van der Waals surface area contributed by atoms with Crippen molar-refractivity contribution in [2.45, 2.75) is 68.2 Å². The summed E-state index contributed by atoms with van der Waals surface area (Å²) < 4.78 is 87.0. The van der Waals surface area contributed by atoms with Crippen molar-refractivity contribution in [2.75, 3.05) is 0 Å². The number of fused-ring (bicyclic) bond motifs is 2. The number of hydrogen-bond acceptors (Lipinski definition) is 7. The predicted molar refractivity (Wildman–Crippen MR) is 157 cm³/mol. The van der Waals surface area contributed by atoms with E-state index in [1.165, 1.54) is 27.2 Å². The van der Waals surface area contributed by atoms with Gasteiger partial charge in [0.15, 0.2) is 10.0 Å². The van der Waals surface area contributed by atoms with Gasteiger partial charge in [-0.2, -0.15) is 27.7 Å². The number of aromatic nitrogens is 5. The van der Waals surface area contributed by atoms with Gasteiger partial charge in [-0.1, -0.05) is 12.0 Å². The lowest BCUT2D eigenvalue weighted by atomic mass is 9.60. The average Bonchev–Trinajstić information content (AvgIpc) is 3.73. The Hall–Kier alpha value is -3.69. The molecule has 2 atom stereocenters. The minimum atomic E-state index is -4.66. The number of halogens is 4. The van der Waals surface area contributed by atoms with Gasteiger partial charge in [-0.25, -0.2) is 22.5 Å². The normalized spacial score (nSPS) is 22.1. The molecule has 0 N–H and O–H groups in total. The van der Waals surface area contributed by atoms with Gasteiger partial charge < -0.3 is 0 Å². The lowest BCUT2D eigenvalue weighted by Gasteiger charge is -2.49. The van der Waals surface area contributed by atoms with Crippen molar-refractivity contribution in [2.24, 2.45) is 12.5 Å². The third kappa shape index (κ3) is 5.04. The van der Waals surface area contributed by atoms with Gasteiger partial charge in [0.1, 0.15) is 10.7 Å². The van der Waals surface area contributed by atoms with Crippen LogP contribution in [0.25, 0.3) is 11.8 Å². The standard InChI is InChI=1S/C30H28F4N6O3S2/c1-38-12-11-26(37-38)45(42,43)40(22-3-2-4-22)23-8-5-19-13-24-18(16-36-39(24)21-9-6-20(31)7-10-21)14-29(19,15-23)27(41)28-35-17-25(44-28)30(32,33)34/h6-7,9-13,16-17,22-23H,2-5,8,14-15H2,1H3/t23-,29-/m0/s1. The van der Waals surface area contributed by atoms with Crippen molar-refractivity contribution in [3.8, 4) is 5.69 Å². The quantitative estimate of drug-likeness (QED) is 0.183. The smallest absolute Gasteiger partial charge is 0.290 e. The first-order valence-electron chi connectivity index (χ1n) is 14.5. The number of ketones is 1. The summed E-state index contributed by atoms with van der Waals surface area (Å²) in [6.07, 6.45) is 4.14. The summed E-state index contributed by atoms with van der Waals surface area (Å²) in [6, 6.07) is 6.38. The Bertz CT molecular complexity index is 1920. The molecule has 3 heterocycles. The maximum absolute atomic E-state index is 14.5. The van der Waals surface area contributed by atoms with E-state index in [9.17, 15) is 30.8 Å². The van der Waals surface area contributed by atoms with Crippen LogP contribution in [-0.4, -0.2) is 55.1 Å². The molecule has 3 aliphatic rings. The number of carbonyl (C=O) groups excluding carboxylic acids is 1. The van der Waals surface area contributed by atoms with Crippen LogP contribution in [0.15, 0.2) is 59.5 Å². The van der Waals surface area contributed by atoms with Crippen LogP contribution in [0.5, 0.6) is 0 Å². The molecule has 236 valence electrons. The molecule has 0 aliphatic heterocycles. The van der Waals surface area contributed by atoms with Gasteiger partial charge in [-0.15, -0.1) is 11.3 Å². The summed E-state index contributed by atoms with van der Waals surface area (Å²) >= 11 is 0.300. The van der Waals surface area contributed by atoms with Crippen LogP contribution in [-0.2, 0) is 29.7 Å². The minimum absolute atomic E-state index is 0.0718. The van der Waals surface area contributed by atoms with Crippen molar-refractivity contribution in [3.05, 3.63) is 81.5 Å².